The summed E-state index contributed by atoms with van der Waals surface area (Å²) in [7, 11) is 0. The first kappa shape index (κ1) is 13.4. The SMILES string of the molecule is CCC(C)(C)NC(=O)COC(C)(C)C. The van der Waals surface area contributed by atoms with Crippen molar-refractivity contribution in [2.75, 3.05) is 6.61 Å². The quantitative estimate of drug-likeness (QED) is 0.756. The minimum absolute atomic E-state index is 0.0493. The molecule has 3 nitrogen and oxygen atoms in total. The van der Waals surface area contributed by atoms with E-state index < -0.39 is 0 Å². The Hall–Kier alpha value is -0.570. The van der Waals surface area contributed by atoms with E-state index in [0.717, 1.165) is 6.42 Å². The van der Waals surface area contributed by atoms with Gasteiger partial charge in [-0.1, -0.05) is 6.92 Å². The molecule has 0 aromatic heterocycles. The first-order valence-corrected chi connectivity index (χ1v) is 5.11. The van der Waals surface area contributed by atoms with Crippen LogP contribution in [-0.2, 0) is 9.53 Å². The van der Waals surface area contributed by atoms with Gasteiger partial charge in [0.15, 0.2) is 0 Å². The highest BCUT2D eigenvalue weighted by Gasteiger charge is 2.19. The molecule has 0 aromatic carbocycles. The van der Waals surface area contributed by atoms with E-state index in [1.807, 2.05) is 41.5 Å². The molecule has 84 valence electrons. The fourth-order valence-corrected chi connectivity index (χ4v) is 0.784. The van der Waals surface area contributed by atoms with Crippen molar-refractivity contribution in [2.24, 2.45) is 0 Å². The Morgan fingerprint density at radius 2 is 1.71 bits per heavy atom. The molecule has 3 heteroatoms. The summed E-state index contributed by atoms with van der Waals surface area (Å²) < 4.78 is 5.37. The highest BCUT2D eigenvalue weighted by Crippen LogP contribution is 2.08. The summed E-state index contributed by atoms with van der Waals surface area (Å²) in [6.45, 7) is 12.0. The minimum atomic E-state index is -0.256. The highest BCUT2D eigenvalue weighted by atomic mass is 16.5. The van der Waals surface area contributed by atoms with E-state index in [4.69, 9.17) is 4.74 Å². The molecule has 0 radical (unpaired) electrons. The van der Waals surface area contributed by atoms with Gasteiger partial charge in [0, 0.05) is 5.54 Å². The molecule has 0 aliphatic carbocycles. The van der Waals surface area contributed by atoms with E-state index in [1.165, 1.54) is 0 Å². The molecule has 0 bridgehead atoms. The molecule has 0 fully saturated rings. The van der Waals surface area contributed by atoms with Gasteiger partial charge in [0.05, 0.1) is 5.60 Å². The molecule has 0 aliphatic rings. The Kier molecular flexibility index (Phi) is 4.59. The number of hydrogen-bond donors (Lipinski definition) is 1. The summed E-state index contributed by atoms with van der Waals surface area (Å²) in [6.07, 6.45) is 0.911. The molecule has 0 aliphatic heterocycles. The molecule has 0 heterocycles. The molecule has 1 N–H and O–H groups in total. The van der Waals surface area contributed by atoms with Crippen molar-refractivity contribution in [3.05, 3.63) is 0 Å². The Bertz CT molecular complexity index is 192. The van der Waals surface area contributed by atoms with Crippen LogP contribution in [0.1, 0.15) is 48.0 Å². The van der Waals surface area contributed by atoms with Crippen molar-refractivity contribution in [3.8, 4) is 0 Å². The molecule has 0 atom stereocenters. The van der Waals surface area contributed by atoms with E-state index in [9.17, 15) is 4.79 Å². The number of hydrogen-bond acceptors (Lipinski definition) is 2. The molecule has 0 saturated carbocycles. The summed E-state index contributed by atoms with van der Waals surface area (Å²) in [6, 6.07) is 0. The van der Waals surface area contributed by atoms with Gasteiger partial charge in [-0.05, 0) is 41.0 Å². The number of carbonyl (C=O) groups excluding carboxylic acids is 1. The second-order valence-corrected chi connectivity index (χ2v) is 5.19. The predicted octanol–water partition coefficient (Wildman–Crippen LogP) is 2.11. The third-order valence-corrected chi connectivity index (χ3v) is 2.00. The molecule has 0 rings (SSSR count). The Morgan fingerprint density at radius 3 is 2.07 bits per heavy atom. The number of ether oxygens (including phenoxy) is 1. The minimum Gasteiger partial charge on any atom is -0.366 e. The Morgan fingerprint density at radius 1 is 1.21 bits per heavy atom. The van der Waals surface area contributed by atoms with Crippen LogP contribution in [0, 0.1) is 0 Å². The molecule has 0 unspecified atom stereocenters. The third kappa shape index (κ3) is 6.89. The molecule has 1 amide bonds. The van der Waals surface area contributed by atoms with Crippen molar-refractivity contribution in [3.63, 3.8) is 0 Å². The summed E-state index contributed by atoms with van der Waals surface area (Å²) >= 11 is 0. The number of nitrogens with one attached hydrogen (secondary N) is 1. The molecule has 0 spiro atoms. The molecular weight excluding hydrogens is 178 g/mol. The maximum atomic E-state index is 11.4. The van der Waals surface area contributed by atoms with Crippen LogP contribution in [-0.4, -0.2) is 23.7 Å². The van der Waals surface area contributed by atoms with E-state index >= 15 is 0 Å². The lowest BCUT2D eigenvalue weighted by molar-refractivity contribution is -0.132. The maximum absolute atomic E-state index is 11.4. The van der Waals surface area contributed by atoms with Crippen LogP contribution >= 0.6 is 0 Å². The Balaban J connectivity index is 3.89. The second-order valence-electron chi connectivity index (χ2n) is 5.19. The van der Waals surface area contributed by atoms with E-state index in [2.05, 4.69) is 5.32 Å². The van der Waals surface area contributed by atoms with Crippen LogP contribution in [0.25, 0.3) is 0 Å². The van der Waals surface area contributed by atoms with Crippen LogP contribution in [0.2, 0.25) is 0 Å². The summed E-state index contributed by atoms with van der Waals surface area (Å²) in [5, 5.41) is 2.91. The van der Waals surface area contributed by atoms with Gasteiger partial charge in [0.2, 0.25) is 5.91 Å². The van der Waals surface area contributed by atoms with E-state index in [1.54, 1.807) is 0 Å². The largest absolute Gasteiger partial charge is 0.366 e. The molecule has 0 saturated heterocycles. The molecule has 0 aromatic rings. The topological polar surface area (TPSA) is 38.3 Å². The Labute approximate surface area is 87.2 Å². The van der Waals surface area contributed by atoms with Crippen LogP contribution < -0.4 is 5.32 Å². The van der Waals surface area contributed by atoms with Gasteiger partial charge < -0.3 is 10.1 Å². The zero-order valence-corrected chi connectivity index (χ0v) is 10.2. The van der Waals surface area contributed by atoms with Gasteiger partial charge >= 0.3 is 0 Å². The summed E-state index contributed by atoms with van der Waals surface area (Å²) in [5.74, 6) is -0.0493. The number of carbonyl (C=O) groups is 1. The lowest BCUT2D eigenvalue weighted by Gasteiger charge is -2.26. The summed E-state index contributed by atoms with van der Waals surface area (Å²) in [4.78, 5) is 11.4. The lowest BCUT2D eigenvalue weighted by atomic mass is 10.0. The maximum Gasteiger partial charge on any atom is 0.246 e. The second kappa shape index (κ2) is 4.78. The normalized spacial score (nSPS) is 12.7. The van der Waals surface area contributed by atoms with Crippen molar-refractivity contribution < 1.29 is 9.53 Å². The monoisotopic (exact) mass is 201 g/mol. The van der Waals surface area contributed by atoms with Gasteiger partial charge in [0.25, 0.3) is 0 Å². The van der Waals surface area contributed by atoms with Crippen molar-refractivity contribution in [1.29, 1.82) is 0 Å². The zero-order chi connectivity index (χ0) is 11.4. The van der Waals surface area contributed by atoms with E-state index in [-0.39, 0.29) is 23.7 Å². The van der Waals surface area contributed by atoms with E-state index in [0.29, 0.717) is 0 Å². The van der Waals surface area contributed by atoms with Gasteiger partial charge in [-0.3, -0.25) is 4.79 Å². The molecular formula is C11H23NO2. The standard InChI is InChI=1S/C11H23NO2/c1-7-11(5,6)12-9(13)8-14-10(2,3)4/h7-8H2,1-6H3,(H,12,13). The predicted molar refractivity (Wildman–Crippen MR) is 58.2 cm³/mol. The van der Waals surface area contributed by atoms with Gasteiger partial charge in [0.1, 0.15) is 6.61 Å². The summed E-state index contributed by atoms with van der Waals surface area (Å²) in [5.41, 5.74) is -0.397. The number of amides is 1. The average molecular weight is 201 g/mol. The van der Waals surface area contributed by atoms with Gasteiger partial charge in [-0.2, -0.15) is 0 Å². The van der Waals surface area contributed by atoms with Crippen LogP contribution in [0.3, 0.4) is 0 Å². The third-order valence-electron chi connectivity index (χ3n) is 2.00. The lowest BCUT2D eigenvalue weighted by Crippen LogP contribution is -2.45. The smallest absolute Gasteiger partial charge is 0.246 e. The van der Waals surface area contributed by atoms with Gasteiger partial charge in [-0.15, -0.1) is 0 Å². The van der Waals surface area contributed by atoms with Crippen molar-refractivity contribution >= 4 is 5.91 Å². The van der Waals surface area contributed by atoms with Gasteiger partial charge in [-0.25, -0.2) is 0 Å². The van der Waals surface area contributed by atoms with Crippen LogP contribution in [0.15, 0.2) is 0 Å². The fourth-order valence-electron chi connectivity index (χ4n) is 0.784. The highest BCUT2D eigenvalue weighted by molar-refractivity contribution is 5.77. The van der Waals surface area contributed by atoms with Crippen molar-refractivity contribution in [2.45, 2.75) is 59.1 Å². The van der Waals surface area contributed by atoms with Crippen LogP contribution in [0.5, 0.6) is 0 Å². The molecule has 14 heavy (non-hydrogen) atoms. The fraction of sp³-hybridized carbons (Fsp3) is 0.909. The number of rotatable bonds is 4. The first-order valence-electron chi connectivity index (χ1n) is 5.11. The van der Waals surface area contributed by atoms with Crippen LogP contribution in [0.4, 0.5) is 0 Å². The first-order chi connectivity index (χ1) is 6.16. The zero-order valence-electron chi connectivity index (χ0n) is 10.2. The average Bonchev–Trinajstić information content (AvgIpc) is 1.99. The van der Waals surface area contributed by atoms with Crippen molar-refractivity contribution in [1.82, 2.24) is 5.32 Å².